The number of nitrogens with one attached hydrogen (secondary N) is 2. The molecule has 0 saturated carbocycles. The van der Waals surface area contributed by atoms with E-state index in [1.807, 2.05) is 13.3 Å². The monoisotopic (exact) mass is 343 g/mol. The first kappa shape index (κ1) is 17.8. The van der Waals surface area contributed by atoms with Crippen LogP contribution in [0.15, 0.2) is 34.5 Å². The predicted octanol–water partition coefficient (Wildman–Crippen LogP) is 1.26. The fourth-order valence-electron chi connectivity index (χ4n) is 3.02. The van der Waals surface area contributed by atoms with Crippen molar-refractivity contribution in [1.29, 1.82) is 0 Å². The van der Waals surface area contributed by atoms with E-state index in [9.17, 15) is 0 Å². The fraction of sp³-hybridized carbons (Fsp3) is 0.556. The molecule has 2 heterocycles. The van der Waals surface area contributed by atoms with Crippen LogP contribution in [-0.2, 0) is 0 Å². The number of hydrogen-bond acceptors (Lipinski definition) is 7. The van der Waals surface area contributed by atoms with Gasteiger partial charge >= 0.3 is 0 Å². The summed E-state index contributed by atoms with van der Waals surface area (Å²) >= 11 is 0. The van der Waals surface area contributed by atoms with Gasteiger partial charge in [-0.2, -0.15) is 5.10 Å². The predicted molar refractivity (Wildman–Crippen MR) is 104 cm³/mol. The van der Waals surface area contributed by atoms with Crippen LogP contribution in [0.2, 0.25) is 0 Å². The number of anilines is 1. The Balaban J connectivity index is 1.70. The van der Waals surface area contributed by atoms with Crippen LogP contribution in [0, 0.1) is 0 Å². The Kier molecular flexibility index (Phi) is 5.67. The maximum absolute atomic E-state index is 4.38. The number of hydrogen-bond donors (Lipinski definition) is 2. The summed E-state index contributed by atoms with van der Waals surface area (Å²) in [5, 5.41) is 14.1. The van der Waals surface area contributed by atoms with E-state index < -0.39 is 0 Å². The number of piperazine rings is 1. The highest BCUT2D eigenvalue weighted by Gasteiger charge is 2.27. The van der Waals surface area contributed by atoms with E-state index in [0.717, 1.165) is 43.3 Å². The molecule has 0 radical (unpaired) electrons. The van der Waals surface area contributed by atoms with Gasteiger partial charge in [-0.3, -0.25) is 4.90 Å². The quantitative estimate of drug-likeness (QED) is 0.789. The van der Waals surface area contributed by atoms with E-state index in [2.05, 4.69) is 80.9 Å². The minimum Gasteiger partial charge on any atom is -0.337 e. The lowest BCUT2D eigenvalue weighted by Crippen LogP contribution is -2.57. The topological polar surface area (TPSA) is 58.5 Å². The third-order valence-corrected chi connectivity index (χ3v) is 4.83. The van der Waals surface area contributed by atoms with Crippen LogP contribution in [0.5, 0.6) is 0 Å². The molecular formula is C18H29N7. The summed E-state index contributed by atoms with van der Waals surface area (Å²) in [4.78, 5) is 4.64. The van der Waals surface area contributed by atoms with Crippen molar-refractivity contribution in [3.8, 4) is 0 Å². The molecule has 7 nitrogen and oxygen atoms in total. The summed E-state index contributed by atoms with van der Waals surface area (Å²) in [6, 6.07) is 8.80. The van der Waals surface area contributed by atoms with Gasteiger partial charge < -0.3 is 15.6 Å². The second-order valence-corrected chi connectivity index (χ2v) is 6.89. The summed E-state index contributed by atoms with van der Waals surface area (Å²) in [6.07, 6.45) is 2.10. The zero-order chi connectivity index (χ0) is 17.8. The van der Waals surface area contributed by atoms with Crippen LogP contribution in [0.25, 0.3) is 0 Å². The number of nitrogens with zero attached hydrogens (tertiary/aromatic N) is 5. The van der Waals surface area contributed by atoms with Gasteiger partial charge in [0, 0.05) is 57.6 Å². The van der Waals surface area contributed by atoms with Crippen LogP contribution < -0.4 is 10.7 Å². The molecule has 1 aromatic rings. The van der Waals surface area contributed by atoms with Crippen LogP contribution in [0.1, 0.15) is 19.4 Å². The van der Waals surface area contributed by atoms with Gasteiger partial charge in [-0.05, 0) is 38.1 Å². The van der Waals surface area contributed by atoms with Gasteiger partial charge in [0.2, 0.25) is 0 Å². The third kappa shape index (κ3) is 4.18. The lowest BCUT2D eigenvalue weighted by Gasteiger charge is -2.40. The molecule has 136 valence electrons. The van der Waals surface area contributed by atoms with E-state index in [0.29, 0.717) is 6.04 Å². The Morgan fingerprint density at radius 1 is 1.20 bits per heavy atom. The van der Waals surface area contributed by atoms with E-state index in [1.165, 1.54) is 0 Å². The standard InChI is InChI=1S/C18H29N7/c1-14(2)24(4)22-16-7-5-15(6-8-16)18-21-20-13-17(23(18)3)25-11-9-19-10-12-25/h5-8,13-14,17,19,22H,9-12H2,1-4H3. The van der Waals surface area contributed by atoms with Crippen LogP contribution in [-0.4, -0.2) is 79.3 Å². The molecule has 2 aliphatic rings. The molecule has 3 rings (SSSR count). The molecule has 0 aromatic heterocycles. The average Bonchev–Trinajstić information content (AvgIpc) is 2.63. The SMILES string of the molecule is CC(C)N(C)Nc1ccc(C2=NN=CC(N3CCNCC3)N2C)cc1. The molecule has 1 aromatic carbocycles. The maximum atomic E-state index is 4.38. The smallest absolute Gasteiger partial charge is 0.159 e. The second-order valence-electron chi connectivity index (χ2n) is 6.89. The summed E-state index contributed by atoms with van der Waals surface area (Å²) in [6.45, 7) is 8.41. The van der Waals surface area contributed by atoms with Crippen molar-refractivity contribution in [2.24, 2.45) is 10.2 Å². The van der Waals surface area contributed by atoms with E-state index in [4.69, 9.17) is 0 Å². The Hall–Kier alpha value is -1.96. The maximum Gasteiger partial charge on any atom is 0.159 e. The molecular weight excluding hydrogens is 314 g/mol. The molecule has 7 heteroatoms. The van der Waals surface area contributed by atoms with Gasteiger partial charge in [0.1, 0.15) is 6.17 Å². The molecule has 1 unspecified atom stereocenters. The van der Waals surface area contributed by atoms with Crippen molar-refractivity contribution in [3.63, 3.8) is 0 Å². The first-order valence-electron chi connectivity index (χ1n) is 8.95. The highest BCUT2D eigenvalue weighted by atomic mass is 15.5. The second kappa shape index (κ2) is 7.95. The Bertz CT molecular complexity index is 617. The van der Waals surface area contributed by atoms with Crippen molar-refractivity contribution in [2.45, 2.75) is 26.1 Å². The molecule has 1 fully saturated rings. The van der Waals surface area contributed by atoms with Crippen LogP contribution in [0.3, 0.4) is 0 Å². The summed E-state index contributed by atoms with van der Waals surface area (Å²) < 4.78 is 0. The van der Waals surface area contributed by atoms with E-state index >= 15 is 0 Å². The molecule has 0 spiro atoms. The molecule has 2 N–H and O–H groups in total. The number of hydrazine groups is 1. The lowest BCUT2D eigenvalue weighted by molar-refractivity contribution is 0.142. The summed E-state index contributed by atoms with van der Waals surface area (Å²) in [7, 11) is 4.14. The molecule has 0 aliphatic carbocycles. The third-order valence-electron chi connectivity index (χ3n) is 4.83. The highest BCUT2D eigenvalue weighted by molar-refractivity contribution is 6.01. The van der Waals surface area contributed by atoms with Gasteiger partial charge in [0.15, 0.2) is 5.84 Å². The summed E-state index contributed by atoms with van der Waals surface area (Å²) in [5.74, 6) is 0.912. The van der Waals surface area contributed by atoms with Crippen molar-refractivity contribution in [3.05, 3.63) is 29.8 Å². The van der Waals surface area contributed by atoms with Gasteiger partial charge in [-0.25, -0.2) is 5.01 Å². The molecule has 25 heavy (non-hydrogen) atoms. The first-order valence-corrected chi connectivity index (χ1v) is 8.95. The molecule has 1 atom stereocenters. The minimum atomic E-state index is 0.166. The Morgan fingerprint density at radius 2 is 1.88 bits per heavy atom. The van der Waals surface area contributed by atoms with Gasteiger partial charge in [-0.1, -0.05) is 0 Å². The molecule has 0 bridgehead atoms. The minimum absolute atomic E-state index is 0.166. The zero-order valence-corrected chi connectivity index (χ0v) is 15.6. The number of rotatable bonds is 5. The number of amidine groups is 1. The number of benzene rings is 1. The Morgan fingerprint density at radius 3 is 2.52 bits per heavy atom. The largest absolute Gasteiger partial charge is 0.337 e. The van der Waals surface area contributed by atoms with Gasteiger partial charge in [-0.15, -0.1) is 5.10 Å². The van der Waals surface area contributed by atoms with E-state index in [1.54, 1.807) is 0 Å². The Labute approximate surface area is 150 Å². The van der Waals surface area contributed by atoms with Crippen molar-refractivity contribution in [2.75, 3.05) is 45.7 Å². The van der Waals surface area contributed by atoms with Crippen molar-refractivity contribution in [1.82, 2.24) is 20.1 Å². The van der Waals surface area contributed by atoms with Gasteiger partial charge in [0.05, 0.1) is 6.21 Å². The first-order chi connectivity index (χ1) is 12.1. The molecule has 2 aliphatic heterocycles. The fourth-order valence-corrected chi connectivity index (χ4v) is 3.02. The van der Waals surface area contributed by atoms with Crippen molar-refractivity contribution >= 4 is 17.7 Å². The van der Waals surface area contributed by atoms with E-state index in [-0.39, 0.29) is 6.17 Å². The molecule has 0 amide bonds. The lowest BCUT2D eigenvalue weighted by atomic mass is 10.1. The van der Waals surface area contributed by atoms with Crippen molar-refractivity contribution < 1.29 is 0 Å². The molecule has 1 saturated heterocycles. The van der Waals surface area contributed by atoms with Gasteiger partial charge in [0.25, 0.3) is 0 Å². The van der Waals surface area contributed by atoms with Crippen LogP contribution >= 0.6 is 0 Å². The van der Waals surface area contributed by atoms with Crippen LogP contribution in [0.4, 0.5) is 5.69 Å². The normalized spacial score (nSPS) is 21.8. The summed E-state index contributed by atoms with van der Waals surface area (Å²) in [5.41, 5.74) is 5.53. The highest BCUT2D eigenvalue weighted by Crippen LogP contribution is 2.17. The zero-order valence-electron chi connectivity index (χ0n) is 15.6. The average molecular weight is 343 g/mol.